The van der Waals surface area contributed by atoms with E-state index in [9.17, 15) is 54.3 Å². The molecular formula is C84H75N3O11S2. The Morgan fingerprint density at radius 3 is 1.24 bits per heavy atom. The van der Waals surface area contributed by atoms with Gasteiger partial charge in [-0.1, -0.05) is 180 Å². The Kier molecular flexibility index (Phi) is 21.7. The van der Waals surface area contributed by atoms with Crippen molar-refractivity contribution in [3.63, 3.8) is 0 Å². The zero-order chi connectivity index (χ0) is 71.2. The van der Waals surface area contributed by atoms with Gasteiger partial charge in [0.15, 0.2) is 28.9 Å². The molecule has 5 aliphatic rings. The van der Waals surface area contributed by atoms with E-state index in [0.717, 1.165) is 98.9 Å². The summed E-state index contributed by atoms with van der Waals surface area (Å²) in [5, 5.41) is 32.7. The molecule has 100 heavy (non-hydrogen) atoms. The van der Waals surface area contributed by atoms with Crippen molar-refractivity contribution in [3.8, 4) is 44.5 Å². The number of thioether (sulfide) groups is 2. The zero-order valence-electron chi connectivity index (χ0n) is 56.9. The van der Waals surface area contributed by atoms with Crippen molar-refractivity contribution in [1.82, 2.24) is 0 Å². The molecule has 0 fully saturated rings. The molecule has 0 bridgehead atoms. The number of hydrogen-bond donors (Lipinski definition) is 0. The summed E-state index contributed by atoms with van der Waals surface area (Å²) < 4.78 is 0. The quantitative estimate of drug-likeness (QED) is 0.0670. The van der Waals surface area contributed by atoms with Gasteiger partial charge in [0.2, 0.25) is 0 Å². The van der Waals surface area contributed by atoms with Gasteiger partial charge in [0, 0.05) is 97.5 Å². The fourth-order valence-electron chi connectivity index (χ4n) is 14.2. The van der Waals surface area contributed by atoms with Crippen LogP contribution in [0.5, 0.6) is 0 Å². The minimum absolute atomic E-state index is 0.00940. The van der Waals surface area contributed by atoms with Gasteiger partial charge < -0.3 is 0 Å². The second kappa shape index (κ2) is 30.7. The Morgan fingerprint density at radius 1 is 0.360 bits per heavy atom. The van der Waals surface area contributed by atoms with Crippen LogP contribution in [0.3, 0.4) is 0 Å². The molecule has 0 heterocycles. The van der Waals surface area contributed by atoms with E-state index in [1.54, 1.807) is 72.1 Å². The number of nitrogens with zero attached hydrogens (tertiary/aromatic N) is 3. The van der Waals surface area contributed by atoms with Crippen LogP contribution in [0.25, 0.3) is 44.5 Å². The molecule has 0 aromatic heterocycles. The summed E-state index contributed by atoms with van der Waals surface area (Å²) in [6, 6.07) is 64.0. The van der Waals surface area contributed by atoms with E-state index in [1.165, 1.54) is 73.5 Å². The predicted molar refractivity (Wildman–Crippen MR) is 397 cm³/mol. The van der Waals surface area contributed by atoms with Gasteiger partial charge in [0.25, 0.3) is 17.1 Å². The van der Waals surface area contributed by atoms with Gasteiger partial charge >= 0.3 is 0 Å². The summed E-state index contributed by atoms with van der Waals surface area (Å²) >= 11 is 3.49. The lowest BCUT2D eigenvalue weighted by Crippen LogP contribution is -2.06. The SMILES string of the molecule is CC1Cc2cccc(-c3ccc([N+](=O)[O-])cc3)c2C1=O.CC1Cc2cccc(-c3cccc([N+](=O)[O-])c3)c2C1=O.CC1Cc2cccc(-c3ccccc3[N+](=O)[O-])c2C1=O.CSc1ccc(C)cc1-c1cccc2c1C(=O)C(C)C2.CSc1ccc(Cc2cccc3c2C(=O)C(C)C3)cc1. The van der Waals surface area contributed by atoms with Crippen LogP contribution in [0.4, 0.5) is 17.1 Å². The number of aryl methyl sites for hydroxylation is 1. The number of nitro groups is 3. The van der Waals surface area contributed by atoms with Gasteiger partial charge in [0.1, 0.15) is 0 Å². The van der Waals surface area contributed by atoms with Gasteiger partial charge in [-0.3, -0.25) is 54.3 Å². The number of carbonyl (C=O) groups is 5. The summed E-state index contributed by atoms with van der Waals surface area (Å²) in [5.41, 5.74) is 20.1. The van der Waals surface area contributed by atoms with Crippen LogP contribution >= 0.6 is 23.5 Å². The third-order valence-corrected chi connectivity index (χ3v) is 20.8. The topological polar surface area (TPSA) is 215 Å². The number of ketones is 5. The second-order valence-corrected chi connectivity index (χ2v) is 28.0. The van der Waals surface area contributed by atoms with Crippen molar-refractivity contribution < 1.29 is 38.7 Å². The predicted octanol–water partition coefficient (Wildman–Crippen LogP) is 20.0. The number of carbonyl (C=O) groups excluding carboxylic acids is 5. The lowest BCUT2D eigenvalue weighted by atomic mass is 9.95. The molecule has 0 radical (unpaired) electrons. The average molecular weight is 1370 g/mol. The summed E-state index contributed by atoms with van der Waals surface area (Å²) in [5.74, 6) is 1.20. The van der Waals surface area contributed by atoms with Crippen molar-refractivity contribution in [2.45, 2.75) is 89.9 Å². The molecule has 504 valence electrons. The monoisotopic (exact) mass is 1370 g/mol. The van der Waals surface area contributed by atoms with Crippen LogP contribution < -0.4 is 0 Å². The summed E-state index contributed by atoms with van der Waals surface area (Å²) in [6.07, 6.45) is 9.02. The highest BCUT2D eigenvalue weighted by Crippen LogP contribution is 2.42. The van der Waals surface area contributed by atoms with E-state index >= 15 is 0 Å². The molecule has 5 aliphatic carbocycles. The van der Waals surface area contributed by atoms with Gasteiger partial charge in [-0.2, -0.15) is 0 Å². The standard InChI is InChI=1S/2C18H18OS.3C16H13NO3/c1-11-7-8-16(20-3)15(9-11)14-6-4-5-13-10-12(2)18(19)17(13)14;1-12-10-14-4-3-5-15(17(14)18(12)19)11-13-6-8-16(20-2)9-7-13;1-10-8-12-5-3-7-14(15(12)16(10)18)11-4-2-6-13(9-11)17(19)20;1-10-9-11-5-4-7-13(15(11)16(10)18)12-6-2-3-8-14(12)17(19)20;1-10-9-12-3-2-4-14(15(12)16(10)18)11-5-7-13(8-6-11)17(19)20/h4-9,12H,10H2,1-3H3;3-9,12H,10-11H2,1-2H3;2-7,9-10H,8H2,1H3;2*2-8,10H,9H2,1H3. The van der Waals surface area contributed by atoms with Crippen LogP contribution in [0.1, 0.15) is 131 Å². The number of hydrogen-bond acceptors (Lipinski definition) is 13. The van der Waals surface area contributed by atoms with E-state index in [4.69, 9.17) is 0 Å². The van der Waals surface area contributed by atoms with E-state index in [1.807, 2.05) is 83.1 Å². The fraction of sp³-hybridized carbons (Fsp3) is 0.226. The van der Waals surface area contributed by atoms with E-state index in [2.05, 4.69) is 98.3 Å². The molecule has 14 nitrogen and oxygen atoms in total. The van der Waals surface area contributed by atoms with Gasteiger partial charge in [-0.05, 0) is 172 Å². The highest BCUT2D eigenvalue weighted by molar-refractivity contribution is 7.99. The number of para-hydroxylation sites is 1. The smallest absolute Gasteiger partial charge is 0.277 e. The lowest BCUT2D eigenvalue weighted by Gasteiger charge is -2.12. The Hall–Kier alpha value is -10.6. The van der Waals surface area contributed by atoms with E-state index in [0.29, 0.717) is 34.7 Å². The summed E-state index contributed by atoms with van der Waals surface area (Å²) in [7, 11) is 0. The maximum atomic E-state index is 12.5. The van der Waals surface area contributed by atoms with Crippen molar-refractivity contribution in [1.29, 1.82) is 0 Å². The molecule has 0 aliphatic heterocycles. The largest absolute Gasteiger partial charge is 0.294 e. The first-order valence-corrected chi connectivity index (χ1v) is 35.8. The van der Waals surface area contributed by atoms with Gasteiger partial charge in [0.05, 0.1) is 20.3 Å². The first-order chi connectivity index (χ1) is 48.0. The van der Waals surface area contributed by atoms with Crippen LogP contribution in [0.15, 0.2) is 216 Å². The van der Waals surface area contributed by atoms with Gasteiger partial charge in [-0.25, -0.2) is 0 Å². The fourth-order valence-corrected chi connectivity index (χ4v) is 15.2. The minimum atomic E-state index is -0.424. The number of benzene rings is 10. The molecule has 0 saturated heterocycles. The molecule has 10 aromatic carbocycles. The molecule has 16 heteroatoms. The lowest BCUT2D eigenvalue weighted by molar-refractivity contribution is -0.385. The molecular weight excluding hydrogens is 1290 g/mol. The third kappa shape index (κ3) is 14.9. The third-order valence-electron chi connectivity index (χ3n) is 19.3. The van der Waals surface area contributed by atoms with Crippen molar-refractivity contribution in [2.24, 2.45) is 29.6 Å². The number of non-ortho nitro benzene ring substituents is 2. The van der Waals surface area contributed by atoms with Crippen LogP contribution in [-0.4, -0.2) is 56.2 Å². The van der Waals surface area contributed by atoms with Crippen molar-refractivity contribution >= 4 is 69.5 Å². The first kappa shape index (κ1) is 70.8. The maximum absolute atomic E-state index is 12.5. The Morgan fingerprint density at radius 2 is 0.770 bits per heavy atom. The number of fused-ring (bicyclic) bond motifs is 5. The van der Waals surface area contributed by atoms with Gasteiger partial charge in [-0.15, -0.1) is 23.5 Å². The summed E-state index contributed by atoms with van der Waals surface area (Å²) in [6.45, 7) is 11.9. The molecule has 5 unspecified atom stereocenters. The Labute approximate surface area is 590 Å². The minimum Gasteiger partial charge on any atom is -0.294 e. The molecule has 0 amide bonds. The zero-order valence-corrected chi connectivity index (χ0v) is 58.5. The molecule has 5 atom stereocenters. The first-order valence-electron chi connectivity index (χ1n) is 33.4. The summed E-state index contributed by atoms with van der Waals surface area (Å²) in [4.78, 5) is 95.6. The normalized spacial score (nSPS) is 17.2. The average Bonchev–Trinajstić information content (AvgIpc) is 1.61. The van der Waals surface area contributed by atoms with Crippen LogP contribution in [-0.2, 0) is 38.5 Å². The van der Waals surface area contributed by atoms with Crippen LogP contribution in [0.2, 0.25) is 0 Å². The highest BCUT2D eigenvalue weighted by Gasteiger charge is 2.35. The highest BCUT2D eigenvalue weighted by atomic mass is 32.2. The van der Waals surface area contributed by atoms with Crippen molar-refractivity contribution in [3.05, 3.63) is 309 Å². The van der Waals surface area contributed by atoms with E-state index < -0.39 is 14.8 Å². The Bertz CT molecular complexity index is 4910. The molecule has 0 N–H and O–H groups in total. The molecule has 10 aromatic rings. The molecule has 15 rings (SSSR count). The molecule has 0 spiro atoms. The molecule has 0 saturated carbocycles. The Balaban J connectivity index is 0.000000126. The number of rotatable bonds is 11. The second-order valence-electron chi connectivity index (χ2n) is 26.3. The maximum Gasteiger partial charge on any atom is 0.277 e. The van der Waals surface area contributed by atoms with Crippen LogP contribution in [0, 0.1) is 66.9 Å². The number of nitro benzene ring substituents is 3. The van der Waals surface area contributed by atoms with E-state index in [-0.39, 0.29) is 64.0 Å². The number of Topliss-reactive ketones (excluding diaryl/α,β-unsaturated/α-hetero) is 5. The van der Waals surface area contributed by atoms with Crippen molar-refractivity contribution in [2.75, 3.05) is 12.5 Å².